The number of amides is 2. The summed E-state index contributed by atoms with van der Waals surface area (Å²) in [6.45, 7) is 8.75. The molecule has 2 aliphatic heterocycles. The highest BCUT2D eigenvalue weighted by Gasteiger charge is 2.30. The van der Waals surface area contributed by atoms with Crippen LogP contribution in [0.25, 0.3) is 0 Å². The highest BCUT2D eigenvalue weighted by atomic mass is 16.2. The van der Waals surface area contributed by atoms with Gasteiger partial charge in [0.05, 0.1) is 5.57 Å². The number of guanidine groups is 1. The van der Waals surface area contributed by atoms with Crippen LogP contribution in [0.3, 0.4) is 0 Å². The minimum atomic E-state index is -0.368. The Morgan fingerprint density at radius 1 is 1.32 bits per heavy atom. The maximum absolute atomic E-state index is 12.5. The smallest absolute Gasteiger partial charge is 0.263 e. The van der Waals surface area contributed by atoms with E-state index in [1.54, 1.807) is 0 Å². The molecule has 0 radical (unpaired) electrons. The summed E-state index contributed by atoms with van der Waals surface area (Å²) in [6.07, 6.45) is 2.31. The quantitative estimate of drug-likeness (QED) is 0.595. The van der Waals surface area contributed by atoms with Crippen molar-refractivity contribution in [3.63, 3.8) is 0 Å². The topological polar surface area (TPSA) is 110 Å². The molecule has 2 amide bonds. The summed E-state index contributed by atoms with van der Waals surface area (Å²) in [6, 6.07) is 4.15. The summed E-state index contributed by atoms with van der Waals surface area (Å²) in [7, 11) is 0. The number of hydrogen-bond donors (Lipinski definition) is 4. The van der Waals surface area contributed by atoms with Crippen molar-refractivity contribution < 1.29 is 9.59 Å². The van der Waals surface area contributed by atoms with Gasteiger partial charge in [-0.25, -0.2) is 0 Å². The van der Waals surface area contributed by atoms with E-state index in [0.717, 1.165) is 23.2 Å². The fourth-order valence-corrected chi connectivity index (χ4v) is 3.66. The lowest BCUT2D eigenvalue weighted by atomic mass is 10.1. The maximum atomic E-state index is 12.5. The maximum Gasteiger partial charge on any atom is 0.263 e. The Labute approximate surface area is 164 Å². The van der Waals surface area contributed by atoms with E-state index in [1.165, 1.54) is 18.7 Å². The van der Waals surface area contributed by atoms with Crippen molar-refractivity contribution in [2.45, 2.75) is 40.2 Å². The summed E-state index contributed by atoms with van der Waals surface area (Å²) >= 11 is 0. The van der Waals surface area contributed by atoms with E-state index in [9.17, 15) is 9.59 Å². The number of carbonyl (C=O) groups is 2. The predicted octanol–water partition coefficient (Wildman–Crippen LogP) is 1.58. The van der Waals surface area contributed by atoms with Crippen molar-refractivity contribution in [3.05, 3.63) is 40.6 Å². The molecule has 28 heavy (non-hydrogen) atoms. The SMILES string of the molecule is CC(=O)NC1CCN(C2=NC(=N)/C(=C\Nc3c(C)cc(C)cc3C)C(=O)N2)C1. The molecular formula is C20H26N6O2. The number of hydrogen-bond acceptors (Lipinski definition) is 5. The van der Waals surface area contributed by atoms with Gasteiger partial charge in [-0.1, -0.05) is 17.7 Å². The van der Waals surface area contributed by atoms with Gasteiger partial charge in [-0.3, -0.25) is 20.3 Å². The van der Waals surface area contributed by atoms with Gasteiger partial charge in [0.25, 0.3) is 5.91 Å². The zero-order valence-electron chi connectivity index (χ0n) is 16.6. The van der Waals surface area contributed by atoms with E-state index in [4.69, 9.17) is 5.41 Å². The molecule has 3 rings (SSSR count). The van der Waals surface area contributed by atoms with Crippen LogP contribution in [0, 0.1) is 26.2 Å². The largest absolute Gasteiger partial charge is 0.360 e. The van der Waals surface area contributed by atoms with Gasteiger partial charge in [-0.2, -0.15) is 4.99 Å². The van der Waals surface area contributed by atoms with Gasteiger partial charge in [0.15, 0.2) is 5.84 Å². The molecule has 2 aliphatic rings. The number of aryl methyl sites for hydroxylation is 3. The molecule has 148 valence electrons. The molecule has 0 aromatic heterocycles. The lowest BCUT2D eigenvalue weighted by Crippen LogP contribution is -2.49. The lowest BCUT2D eigenvalue weighted by Gasteiger charge is -2.25. The van der Waals surface area contributed by atoms with Crippen molar-refractivity contribution in [2.24, 2.45) is 4.99 Å². The van der Waals surface area contributed by atoms with Crippen LogP contribution in [0.2, 0.25) is 0 Å². The molecule has 2 heterocycles. The van der Waals surface area contributed by atoms with Gasteiger partial charge in [-0.15, -0.1) is 0 Å². The van der Waals surface area contributed by atoms with Crippen molar-refractivity contribution in [1.29, 1.82) is 5.41 Å². The molecule has 1 atom stereocenters. The Hall–Kier alpha value is -3.16. The average molecular weight is 382 g/mol. The van der Waals surface area contributed by atoms with Gasteiger partial charge >= 0.3 is 0 Å². The van der Waals surface area contributed by atoms with Gasteiger partial charge in [-0.05, 0) is 38.3 Å². The first-order valence-corrected chi connectivity index (χ1v) is 9.30. The van der Waals surface area contributed by atoms with E-state index >= 15 is 0 Å². The monoisotopic (exact) mass is 382 g/mol. The molecule has 1 unspecified atom stereocenters. The van der Waals surface area contributed by atoms with E-state index in [0.29, 0.717) is 19.0 Å². The number of amidine groups is 1. The predicted molar refractivity (Wildman–Crippen MR) is 109 cm³/mol. The number of anilines is 1. The van der Waals surface area contributed by atoms with Crippen LogP contribution in [-0.4, -0.2) is 47.6 Å². The fourth-order valence-electron chi connectivity index (χ4n) is 3.66. The third-order valence-electron chi connectivity index (χ3n) is 4.88. The van der Waals surface area contributed by atoms with Crippen molar-refractivity contribution in [1.82, 2.24) is 15.5 Å². The standard InChI is InChI=1S/C20H26N6O2/c1-11-7-12(2)17(13(3)8-11)22-9-16-18(21)24-20(25-19(16)28)26-6-5-15(10-26)23-14(4)27/h7-9,15,22H,5-6,10H2,1-4H3,(H,23,27)(H2,21,24,25,28)/b16-9+. The number of likely N-dealkylation sites (tertiary alicyclic amines) is 1. The Morgan fingerprint density at radius 2 is 2.00 bits per heavy atom. The number of carbonyl (C=O) groups excluding carboxylic acids is 2. The number of nitrogens with zero attached hydrogens (tertiary/aromatic N) is 2. The number of benzene rings is 1. The molecule has 0 bridgehead atoms. The minimum Gasteiger partial charge on any atom is -0.360 e. The molecular weight excluding hydrogens is 356 g/mol. The Balaban J connectivity index is 1.73. The van der Waals surface area contributed by atoms with E-state index in [-0.39, 0.29) is 29.3 Å². The summed E-state index contributed by atoms with van der Waals surface area (Å²) in [5.41, 5.74) is 4.42. The van der Waals surface area contributed by atoms with E-state index in [1.807, 2.05) is 25.7 Å². The van der Waals surface area contributed by atoms with Crippen LogP contribution in [0.15, 0.2) is 28.9 Å². The van der Waals surface area contributed by atoms with E-state index < -0.39 is 0 Å². The molecule has 0 aliphatic carbocycles. The van der Waals surface area contributed by atoms with Gasteiger partial charge in [0, 0.05) is 37.9 Å². The minimum absolute atomic E-state index is 0.0254. The summed E-state index contributed by atoms with van der Waals surface area (Å²) in [4.78, 5) is 29.9. The first-order chi connectivity index (χ1) is 13.2. The Kier molecular flexibility index (Phi) is 5.48. The Morgan fingerprint density at radius 3 is 2.61 bits per heavy atom. The molecule has 8 nitrogen and oxygen atoms in total. The van der Waals surface area contributed by atoms with Crippen LogP contribution in [0.4, 0.5) is 5.69 Å². The zero-order valence-corrected chi connectivity index (χ0v) is 16.6. The highest BCUT2D eigenvalue weighted by Crippen LogP contribution is 2.22. The van der Waals surface area contributed by atoms with E-state index in [2.05, 4.69) is 33.1 Å². The summed E-state index contributed by atoms with van der Waals surface area (Å²) in [5.74, 6) is -0.167. The summed E-state index contributed by atoms with van der Waals surface area (Å²) < 4.78 is 0. The second-order valence-electron chi connectivity index (χ2n) is 7.35. The molecule has 8 heteroatoms. The van der Waals surface area contributed by atoms with Crippen LogP contribution in [-0.2, 0) is 9.59 Å². The van der Waals surface area contributed by atoms with Gasteiger partial charge < -0.3 is 15.5 Å². The molecule has 0 saturated carbocycles. The van der Waals surface area contributed by atoms with Crippen molar-refractivity contribution >= 4 is 29.3 Å². The molecule has 1 aromatic carbocycles. The zero-order chi connectivity index (χ0) is 20.4. The number of rotatable bonds is 3. The second kappa shape index (κ2) is 7.84. The van der Waals surface area contributed by atoms with Crippen molar-refractivity contribution in [3.8, 4) is 0 Å². The third kappa shape index (κ3) is 4.21. The molecule has 1 aromatic rings. The van der Waals surface area contributed by atoms with Crippen LogP contribution in [0.1, 0.15) is 30.0 Å². The molecule has 1 saturated heterocycles. The van der Waals surface area contributed by atoms with Crippen LogP contribution >= 0.6 is 0 Å². The molecule has 1 fully saturated rings. The summed E-state index contributed by atoms with van der Waals surface area (Å²) in [5, 5.41) is 17.0. The second-order valence-corrected chi connectivity index (χ2v) is 7.35. The Bertz CT molecular complexity index is 879. The fraction of sp³-hybridized carbons (Fsp3) is 0.400. The molecule has 4 N–H and O–H groups in total. The van der Waals surface area contributed by atoms with Gasteiger partial charge in [0.1, 0.15) is 0 Å². The lowest BCUT2D eigenvalue weighted by molar-refractivity contribution is -0.119. The first-order valence-electron chi connectivity index (χ1n) is 9.30. The normalized spacial score (nSPS) is 20.9. The third-order valence-corrected chi connectivity index (χ3v) is 4.88. The molecule has 0 spiro atoms. The van der Waals surface area contributed by atoms with Gasteiger partial charge in [0.2, 0.25) is 11.9 Å². The number of aliphatic imine (C=N–C) groups is 1. The first kappa shape index (κ1) is 19.6. The van der Waals surface area contributed by atoms with Crippen LogP contribution in [0.5, 0.6) is 0 Å². The van der Waals surface area contributed by atoms with Crippen molar-refractivity contribution in [2.75, 3.05) is 18.4 Å². The number of nitrogens with one attached hydrogen (secondary N) is 4. The highest BCUT2D eigenvalue weighted by molar-refractivity contribution is 6.28. The average Bonchev–Trinajstić information content (AvgIpc) is 3.03. The van der Waals surface area contributed by atoms with Crippen LogP contribution < -0.4 is 16.0 Å².